The fourth-order valence-electron chi connectivity index (χ4n) is 4.06. The number of likely N-dealkylation sites (tertiary alicyclic amines) is 1. The molecule has 9 N–H and O–H groups in total. The third kappa shape index (κ3) is 3.02. The van der Waals surface area contributed by atoms with Crippen molar-refractivity contribution in [2.75, 3.05) is 13.6 Å². The minimum atomic E-state index is -3.48. The summed E-state index contributed by atoms with van der Waals surface area (Å²) in [5, 5.41) is 80.2. The Balaban J connectivity index is 2.08. The van der Waals surface area contributed by atoms with Crippen molar-refractivity contribution in [2.24, 2.45) is 5.92 Å². The third-order valence-electron chi connectivity index (χ3n) is 5.61. The summed E-state index contributed by atoms with van der Waals surface area (Å²) in [4.78, 5) is 13.4. The topological polar surface area (TPSA) is 205 Å². The van der Waals surface area contributed by atoms with Crippen molar-refractivity contribution >= 4 is 6.03 Å². The van der Waals surface area contributed by atoms with E-state index in [1.807, 2.05) is 0 Å². The van der Waals surface area contributed by atoms with Crippen LogP contribution in [0.2, 0.25) is 0 Å². The normalized spacial score (nSPS) is 32.0. The standard InChI is InChI=1S/C16H24N6O7/c1-8-10(21(2)12-9-4-6-18-11(9)19-13(23)20-12)15(26,27)22(7-3-5-17)16(28,29)14(8,24)25/h4,6,8,10-11,18,24-29H,3,7H2,1-2H3,(H2,19,20,23). The minimum Gasteiger partial charge on any atom is -0.367 e. The van der Waals surface area contributed by atoms with Crippen LogP contribution in [-0.2, 0) is 0 Å². The number of amides is 2. The number of likely N-dealkylation sites (N-methyl/N-ethyl adjacent to an activating group) is 1. The van der Waals surface area contributed by atoms with E-state index >= 15 is 0 Å². The molecule has 0 saturated carbocycles. The average molecular weight is 412 g/mol. The number of nitrogens with zero attached hydrogens (tertiary/aromatic N) is 3. The van der Waals surface area contributed by atoms with Gasteiger partial charge in [0.2, 0.25) is 5.79 Å². The van der Waals surface area contributed by atoms with Gasteiger partial charge >= 0.3 is 6.03 Å². The van der Waals surface area contributed by atoms with Gasteiger partial charge in [0.25, 0.3) is 11.8 Å². The molecule has 0 aromatic carbocycles. The van der Waals surface area contributed by atoms with Gasteiger partial charge < -0.3 is 46.2 Å². The summed E-state index contributed by atoms with van der Waals surface area (Å²) < 4.78 is 0. The van der Waals surface area contributed by atoms with Gasteiger partial charge in [0.15, 0.2) is 0 Å². The van der Waals surface area contributed by atoms with Crippen LogP contribution in [0.15, 0.2) is 23.7 Å². The Morgan fingerprint density at radius 1 is 1.28 bits per heavy atom. The molecule has 3 heterocycles. The van der Waals surface area contributed by atoms with E-state index in [0.29, 0.717) is 5.57 Å². The molecule has 13 heteroatoms. The highest BCUT2D eigenvalue weighted by molar-refractivity contribution is 5.79. The maximum atomic E-state index is 12.0. The first-order chi connectivity index (χ1) is 13.4. The SMILES string of the molecule is CC1C(N(C)C2=C3C=CNC3NC(=O)N2)C(O)(O)N(CCC#N)C(O)(O)C1(O)O. The summed E-state index contributed by atoms with van der Waals surface area (Å²) in [5.74, 6) is -11.1. The molecule has 3 rings (SSSR count). The van der Waals surface area contributed by atoms with E-state index in [1.54, 1.807) is 18.3 Å². The largest absolute Gasteiger partial charge is 0.367 e. The average Bonchev–Trinajstić information content (AvgIpc) is 3.07. The monoisotopic (exact) mass is 412 g/mol. The lowest BCUT2D eigenvalue weighted by atomic mass is 9.80. The Bertz CT molecular complexity index is 802. The first kappa shape index (κ1) is 21.3. The number of nitriles is 1. The lowest BCUT2D eigenvalue weighted by Gasteiger charge is -2.60. The highest BCUT2D eigenvalue weighted by atomic mass is 16.6. The predicted molar refractivity (Wildman–Crippen MR) is 93.9 cm³/mol. The maximum absolute atomic E-state index is 12.0. The Morgan fingerprint density at radius 2 is 1.93 bits per heavy atom. The minimum absolute atomic E-state index is 0.142. The molecule has 0 radical (unpaired) electrons. The van der Waals surface area contributed by atoms with Gasteiger partial charge in [0, 0.05) is 31.5 Å². The molecule has 0 bridgehead atoms. The molecule has 160 valence electrons. The van der Waals surface area contributed by atoms with Crippen LogP contribution in [0.3, 0.4) is 0 Å². The lowest BCUT2D eigenvalue weighted by Crippen LogP contribution is -2.84. The number of hydrogen-bond acceptors (Lipinski definition) is 11. The van der Waals surface area contributed by atoms with Crippen LogP contribution >= 0.6 is 0 Å². The second-order valence-corrected chi connectivity index (χ2v) is 7.29. The van der Waals surface area contributed by atoms with Gasteiger partial charge in [-0.3, -0.25) is 5.32 Å². The zero-order chi connectivity index (χ0) is 21.8. The van der Waals surface area contributed by atoms with Crippen molar-refractivity contribution in [1.82, 2.24) is 25.8 Å². The molecule has 3 atom stereocenters. The summed E-state index contributed by atoms with van der Waals surface area (Å²) in [6.07, 6.45) is 2.26. The first-order valence-corrected chi connectivity index (χ1v) is 8.83. The van der Waals surface area contributed by atoms with Crippen molar-refractivity contribution in [3.63, 3.8) is 0 Å². The second-order valence-electron chi connectivity index (χ2n) is 7.29. The van der Waals surface area contributed by atoms with Gasteiger partial charge in [-0.2, -0.15) is 10.2 Å². The fraction of sp³-hybridized carbons (Fsp3) is 0.625. The molecular formula is C16H24N6O7. The maximum Gasteiger partial charge on any atom is 0.322 e. The van der Waals surface area contributed by atoms with Gasteiger partial charge in [-0.25, -0.2) is 4.79 Å². The van der Waals surface area contributed by atoms with E-state index in [0.717, 1.165) is 0 Å². The van der Waals surface area contributed by atoms with Gasteiger partial charge in [-0.15, -0.1) is 0 Å². The van der Waals surface area contributed by atoms with Gasteiger partial charge in [-0.05, 0) is 12.3 Å². The molecule has 0 spiro atoms. The Hall–Kier alpha value is -2.44. The smallest absolute Gasteiger partial charge is 0.322 e. The molecule has 29 heavy (non-hydrogen) atoms. The molecular weight excluding hydrogens is 388 g/mol. The van der Waals surface area contributed by atoms with E-state index in [1.165, 1.54) is 18.9 Å². The Morgan fingerprint density at radius 3 is 2.55 bits per heavy atom. The van der Waals surface area contributed by atoms with Crippen LogP contribution in [0.1, 0.15) is 13.3 Å². The molecule has 3 unspecified atom stereocenters. The zero-order valence-corrected chi connectivity index (χ0v) is 15.7. The summed E-state index contributed by atoms with van der Waals surface area (Å²) in [6.45, 7) is 0.583. The number of aliphatic hydroxyl groups is 6. The number of fused-ring (bicyclic) bond motifs is 1. The summed E-state index contributed by atoms with van der Waals surface area (Å²) in [6, 6.07) is -0.435. The second kappa shape index (κ2) is 6.82. The van der Waals surface area contributed by atoms with E-state index in [2.05, 4.69) is 16.0 Å². The van der Waals surface area contributed by atoms with Gasteiger partial charge in [-0.1, -0.05) is 6.92 Å². The van der Waals surface area contributed by atoms with Crippen LogP contribution in [-0.4, -0.2) is 89.9 Å². The zero-order valence-electron chi connectivity index (χ0n) is 15.7. The molecule has 1 saturated heterocycles. The fourth-order valence-corrected chi connectivity index (χ4v) is 4.06. The predicted octanol–water partition coefficient (Wildman–Crippen LogP) is -3.92. The van der Waals surface area contributed by atoms with Crippen molar-refractivity contribution in [3.05, 3.63) is 23.7 Å². The van der Waals surface area contributed by atoms with E-state index < -0.39 is 48.3 Å². The quantitative estimate of drug-likeness (QED) is 0.204. The van der Waals surface area contributed by atoms with Crippen LogP contribution in [0.4, 0.5) is 4.79 Å². The molecule has 0 aliphatic carbocycles. The van der Waals surface area contributed by atoms with Crippen molar-refractivity contribution in [3.8, 4) is 6.07 Å². The number of piperidine rings is 1. The highest BCUT2D eigenvalue weighted by Crippen LogP contribution is 2.45. The molecule has 0 aromatic heterocycles. The number of hydrogen-bond donors (Lipinski definition) is 9. The lowest BCUT2D eigenvalue weighted by molar-refractivity contribution is -0.514. The van der Waals surface area contributed by atoms with Crippen molar-refractivity contribution < 1.29 is 35.4 Å². The van der Waals surface area contributed by atoms with Crippen molar-refractivity contribution in [2.45, 2.75) is 43.2 Å². The van der Waals surface area contributed by atoms with Crippen LogP contribution in [0, 0.1) is 17.2 Å². The van der Waals surface area contributed by atoms with Crippen LogP contribution < -0.4 is 16.0 Å². The molecule has 1 fully saturated rings. The molecule has 2 amide bonds. The number of carbonyl (C=O) groups excluding carboxylic acids is 1. The molecule has 13 nitrogen and oxygen atoms in total. The number of rotatable bonds is 4. The summed E-state index contributed by atoms with van der Waals surface area (Å²) in [7, 11) is 1.37. The molecule has 3 aliphatic rings. The van der Waals surface area contributed by atoms with Crippen LogP contribution in [0.25, 0.3) is 0 Å². The van der Waals surface area contributed by atoms with Crippen molar-refractivity contribution in [1.29, 1.82) is 5.26 Å². The number of carbonyl (C=O) groups is 1. The van der Waals surface area contributed by atoms with Gasteiger partial charge in [0.1, 0.15) is 18.0 Å². The molecule has 3 aliphatic heterocycles. The first-order valence-electron chi connectivity index (χ1n) is 8.83. The number of nitrogens with one attached hydrogen (secondary N) is 3. The summed E-state index contributed by atoms with van der Waals surface area (Å²) in [5.41, 5.74) is 0.532. The van der Waals surface area contributed by atoms with E-state index in [9.17, 15) is 35.4 Å². The van der Waals surface area contributed by atoms with Gasteiger partial charge in [0.05, 0.1) is 6.07 Å². The molecule has 0 aromatic rings. The number of urea groups is 1. The Kier molecular flexibility index (Phi) is 5.00. The van der Waals surface area contributed by atoms with E-state index in [-0.39, 0.29) is 17.1 Å². The van der Waals surface area contributed by atoms with E-state index in [4.69, 9.17) is 5.26 Å². The third-order valence-corrected chi connectivity index (χ3v) is 5.61. The Labute approximate surface area is 165 Å². The summed E-state index contributed by atoms with van der Waals surface area (Å²) >= 11 is 0. The van der Waals surface area contributed by atoms with Crippen LogP contribution in [0.5, 0.6) is 0 Å². The highest BCUT2D eigenvalue weighted by Gasteiger charge is 2.70.